The van der Waals surface area contributed by atoms with Gasteiger partial charge in [-0.1, -0.05) is 12.8 Å². The number of halogens is 3. The molecule has 15 heavy (non-hydrogen) atoms. The average molecular weight is 220 g/mol. The fourth-order valence-corrected chi connectivity index (χ4v) is 1.49. The Labute approximate surface area is 87.5 Å². The Morgan fingerprint density at radius 3 is 2.47 bits per heavy atom. The molecule has 2 nitrogen and oxygen atoms in total. The molecule has 1 fully saturated rings. The molecular formula is C10H15F3N2. The molecule has 2 unspecified atom stereocenters. The summed E-state index contributed by atoms with van der Waals surface area (Å²) < 4.78 is 36.5. The monoisotopic (exact) mass is 220 g/mol. The minimum Gasteiger partial charge on any atom is -0.313 e. The molecule has 1 rings (SSSR count). The SMILES string of the molecule is CC(CC1CC1)NCC(C#N)C(F)(F)F. The summed E-state index contributed by atoms with van der Waals surface area (Å²) in [6.45, 7) is 1.57. The van der Waals surface area contributed by atoms with E-state index in [1.165, 1.54) is 18.9 Å². The van der Waals surface area contributed by atoms with E-state index >= 15 is 0 Å². The van der Waals surface area contributed by atoms with Gasteiger partial charge in [-0.05, 0) is 19.3 Å². The van der Waals surface area contributed by atoms with Gasteiger partial charge < -0.3 is 5.32 Å². The third-order valence-corrected chi connectivity index (χ3v) is 2.61. The second-order valence-electron chi connectivity index (χ2n) is 4.21. The van der Waals surface area contributed by atoms with Gasteiger partial charge in [0.2, 0.25) is 0 Å². The Kier molecular flexibility index (Phi) is 3.97. The molecular weight excluding hydrogens is 205 g/mol. The topological polar surface area (TPSA) is 35.8 Å². The standard InChI is InChI=1S/C10H15F3N2/c1-7(4-8-2-3-8)15-6-9(5-14)10(11,12)13/h7-9,15H,2-4,6H2,1H3. The molecule has 0 radical (unpaired) electrons. The van der Waals surface area contributed by atoms with E-state index in [2.05, 4.69) is 5.32 Å². The van der Waals surface area contributed by atoms with Gasteiger partial charge in [-0.15, -0.1) is 0 Å². The van der Waals surface area contributed by atoms with Crippen LogP contribution in [0.5, 0.6) is 0 Å². The minimum atomic E-state index is -4.42. The van der Waals surface area contributed by atoms with Crippen LogP contribution in [0.2, 0.25) is 0 Å². The molecule has 0 heterocycles. The highest BCUT2D eigenvalue weighted by Crippen LogP contribution is 2.33. The van der Waals surface area contributed by atoms with E-state index in [0.29, 0.717) is 5.92 Å². The van der Waals surface area contributed by atoms with Gasteiger partial charge in [0.15, 0.2) is 5.92 Å². The summed E-state index contributed by atoms with van der Waals surface area (Å²) in [5, 5.41) is 11.1. The van der Waals surface area contributed by atoms with E-state index in [4.69, 9.17) is 5.26 Å². The first kappa shape index (κ1) is 12.3. The Balaban J connectivity index is 2.24. The lowest BCUT2D eigenvalue weighted by atomic mass is 10.1. The summed E-state index contributed by atoms with van der Waals surface area (Å²) in [6, 6.07) is 1.34. The number of nitriles is 1. The van der Waals surface area contributed by atoms with E-state index in [-0.39, 0.29) is 12.6 Å². The quantitative estimate of drug-likeness (QED) is 0.772. The number of nitrogens with one attached hydrogen (secondary N) is 1. The number of rotatable bonds is 5. The first-order valence-corrected chi connectivity index (χ1v) is 5.13. The zero-order valence-electron chi connectivity index (χ0n) is 8.64. The number of alkyl halides is 3. The summed E-state index contributed by atoms with van der Waals surface area (Å²) in [4.78, 5) is 0. The molecule has 0 aromatic rings. The van der Waals surface area contributed by atoms with Crippen LogP contribution in [-0.4, -0.2) is 18.8 Å². The molecule has 0 saturated heterocycles. The van der Waals surface area contributed by atoms with Gasteiger partial charge in [-0.3, -0.25) is 0 Å². The van der Waals surface area contributed by atoms with Crippen LogP contribution in [0.15, 0.2) is 0 Å². The largest absolute Gasteiger partial charge is 0.405 e. The van der Waals surface area contributed by atoms with Crippen molar-refractivity contribution in [3.8, 4) is 6.07 Å². The van der Waals surface area contributed by atoms with Gasteiger partial charge in [-0.2, -0.15) is 18.4 Å². The van der Waals surface area contributed by atoms with E-state index < -0.39 is 12.1 Å². The third-order valence-electron chi connectivity index (χ3n) is 2.61. The minimum absolute atomic E-state index is 0.0655. The Bertz CT molecular complexity index is 240. The van der Waals surface area contributed by atoms with Crippen molar-refractivity contribution in [3.63, 3.8) is 0 Å². The maximum Gasteiger partial charge on any atom is 0.405 e. The van der Waals surface area contributed by atoms with Crippen molar-refractivity contribution in [3.05, 3.63) is 0 Å². The van der Waals surface area contributed by atoms with Gasteiger partial charge in [-0.25, -0.2) is 0 Å². The second-order valence-corrected chi connectivity index (χ2v) is 4.21. The summed E-state index contributed by atoms with van der Waals surface area (Å²) in [6.07, 6.45) is -1.13. The molecule has 2 atom stereocenters. The lowest BCUT2D eigenvalue weighted by molar-refractivity contribution is -0.157. The molecule has 0 aliphatic heterocycles. The van der Waals surface area contributed by atoms with Crippen molar-refractivity contribution < 1.29 is 13.2 Å². The number of nitrogens with zero attached hydrogens (tertiary/aromatic N) is 1. The van der Waals surface area contributed by atoms with E-state index in [1.807, 2.05) is 6.92 Å². The molecule has 0 spiro atoms. The van der Waals surface area contributed by atoms with E-state index in [1.54, 1.807) is 0 Å². The molecule has 5 heteroatoms. The highest BCUT2D eigenvalue weighted by Gasteiger charge is 2.39. The van der Waals surface area contributed by atoms with Crippen molar-refractivity contribution in [2.45, 2.75) is 38.4 Å². The van der Waals surface area contributed by atoms with Crippen molar-refractivity contribution in [1.82, 2.24) is 5.32 Å². The van der Waals surface area contributed by atoms with Crippen LogP contribution in [0.25, 0.3) is 0 Å². The van der Waals surface area contributed by atoms with Crippen LogP contribution in [0.3, 0.4) is 0 Å². The van der Waals surface area contributed by atoms with Crippen molar-refractivity contribution in [1.29, 1.82) is 5.26 Å². The zero-order chi connectivity index (χ0) is 11.5. The van der Waals surface area contributed by atoms with E-state index in [9.17, 15) is 13.2 Å². The molecule has 0 aromatic heterocycles. The lowest BCUT2D eigenvalue weighted by Gasteiger charge is -2.17. The van der Waals surface area contributed by atoms with Crippen LogP contribution in [0.1, 0.15) is 26.2 Å². The summed E-state index contributed by atoms with van der Waals surface area (Å²) in [7, 11) is 0. The predicted octanol–water partition coefficient (Wildman–Crippen LogP) is 2.47. The predicted molar refractivity (Wildman–Crippen MR) is 50.0 cm³/mol. The van der Waals surface area contributed by atoms with Crippen LogP contribution in [0.4, 0.5) is 13.2 Å². The smallest absolute Gasteiger partial charge is 0.313 e. The summed E-state index contributed by atoms with van der Waals surface area (Å²) >= 11 is 0. The van der Waals surface area contributed by atoms with Crippen molar-refractivity contribution >= 4 is 0 Å². The van der Waals surface area contributed by atoms with Crippen LogP contribution in [0, 0.1) is 23.2 Å². The molecule has 1 aliphatic carbocycles. The van der Waals surface area contributed by atoms with Crippen molar-refractivity contribution in [2.24, 2.45) is 11.8 Å². The second kappa shape index (κ2) is 4.84. The number of hydrogen-bond acceptors (Lipinski definition) is 2. The normalized spacial score (nSPS) is 20.7. The Morgan fingerprint density at radius 2 is 2.07 bits per heavy atom. The molecule has 86 valence electrons. The number of hydrogen-bond donors (Lipinski definition) is 1. The summed E-state index contributed by atoms with van der Waals surface area (Å²) in [5.74, 6) is -1.21. The van der Waals surface area contributed by atoms with E-state index in [0.717, 1.165) is 6.42 Å². The van der Waals surface area contributed by atoms with Crippen molar-refractivity contribution in [2.75, 3.05) is 6.54 Å². The van der Waals surface area contributed by atoms with Crippen LogP contribution >= 0.6 is 0 Å². The summed E-state index contributed by atoms with van der Waals surface area (Å²) in [5.41, 5.74) is 0. The van der Waals surface area contributed by atoms with Gasteiger partial charge in [0.25, 0.3) is 0 Å². The third kappa shape index (κ3) is 4.52. The maximum absolute atomic E-state index is 12.2. The highest BCUT2D eigenvalue weighted by molar-refractivity contribution is 4.90. The first-order chi connectivity index (χ1) is 6.93. The fraction of sp³-hybridized carbons (Fsp3) is 0.900. The Morgan fingerprint density at radius 1 is 1.47 bits per heavy atom. The average Bonchev–Trinajstić information content (AvgIpc) is 2.86. The zero-order valence-corrected chi connectivity index (χ0v) is 8.64. The van der Waals surface area contributed by atoms with Crippen LogP contribution < -0.4 is 5.32 Å². The van der Waals surface area contributed by atoms with Gasteiger partial charge in [0, 0.05) is 12.6 Å². The molecule has 1 saturated carbocycles. The van der Waals surface area contributed by atoms with Gasteiger partial charge >= 0.3 is 6.18 Å². The highest BCUT2D eigenvalue weighted by atomic mass is 19.4. The first-order valence-electron chi connectivity index (χ1n) is 5.13. The molecule has 0 bridgehead atoms. The maximum atomic E-state index is 12.2. The molecule has 1 aliphatic rings. The Hall–Kier alpha value is -0.760. The lowest BCUT2D eigenvalue weighted by Crippen LogP contribution is -2.37. The molecule has 0 amide bonds. The molecule has 1 N–H and O–H groups in total. The van der Waals surface area contributed by atoms with Crippen LogP contribution in [-0.2, 0) is 0 Å². The van der Waals surface area contributed by atoms with Gasteiger partial charge in [0.05, 0.1) is 6.07 Å². The fourth-order valence-electron chi connectivity index (χ4n) is 1.49. The molecule has 0 aromatic carbocycles. The van der Waals surface area contributed by atoms with Gasteiger partial charge in [0.1, 0.15) is 0 Å².